The van der Waals surface area contributed by atoms with Gasteiger partial charge in [-0.2, -0.15) is 0 Å². The highest BCUT2D eigenvalue weighted by Gasteiger charge is 2.19. The minimum Gasteiger partial charge on any atom is -0.321 e. The number of ketones is 1. The molecule has 0 aliphatic heterocycles. The van der Waals surface area contributed by atoms with Crippen LogP contribution in [0.2, 0.25) is 5.02 Å². The zero-order valence-electron chi connectivity index (χ0n) is 15.2. The summed E-state index contributed by atoms with van der Waals surface area (Å²) in [5, 5.41) is 0.934. The molecule has 142 valence electrons. The Hall–Kier alpha value is -3.50. The molecule has 1 N–H and O–H groups in total. The van der Waals surface area contributed by atoms with E-state index in [1.54, 1.807) is 6.07 Å². The molecule has 1 aromatic heterocycles. The second-order valence-corrected chi connectivity index (χ2v) is 6.86. The highest BCUT2D eigenvalue weighted by Crippen LogP contribution is 2.30. The molecule has 3 nitrogen and oxygen atoms in total. The van der Waals surface area contributed by atoms with Crippen molar-refractivity contribution in [3.05, 3.63) is 111 Å². The van der Waals surface area contributed by atoms with E-state index < -0.39 is 17.2 Å². The van der Waals surface area contributed by atoms with E-state index in [1.807, 2.05) is 48.5 Å². The second-order valence-electron chi connectivity index (χ2n) is 6.45. The predicted molar refractivity (Wildman–Crippen MR) is 115 cm³/mol. The van der Waals surface area contributed by atoms with E-state index in [0.29, 0.717) is 11.1 Å². The van der Waals surface area contributed by atoms with E-state index in [2.05, 4.69) is 4.98 Å². The summed E-state index contributed by atoms with van der Waals surface area (Å²) in [6.07, 6.45) is 2.47. The van der Waals surface area contributed by atoms with Gasteiger partial charge in [0.05, 0.1) is 10.6 Å². The number of allylic oxidation sites excluding steroid dienone is 1. The van der Waals surface area contributed by atoms with Crippen LogP contribution in [-0.4, -0.2) is 10.8 Å². The van der Waals surface area contributed by atoms with Crippen molar-refractivity contribution in [2.24, 2.45) is 0 Å². The number of hydrogen-bond donors (Lipinski definition) is 1. The number of aromatic amines is 1. The van der Waals surface area contributed by atoms with E-state index in [1.165, 1.54) is 30.4 Å². The summed E-state index contributed by atoms with van der Waals surface area (Å²) in [5.41, 5.74) is 1.51. The van der Waals surface area contributed by atoms with Crippen molar-refractivity contribution in [2.45, 2.75) is 0 Å². The Morgan fingerprint density at radius 2 is 1.66 bits per heavy atom. The molecule has 0 atom stereocenters. The van der Waals surface area contributed by atoms with E-state index in [-0.39, 0.29) is 16.1 Å². The fraction of sp³-hybridized carbons (Fsp3) is 0. The number of para-hydroxylation sites is 1. The van der Waals surface area contributed by atoms with Crippen LogP contribution in [0.3, 0.4) is 0 Å². The molecule has 0 saturated carbocycles. The van der Waals surface area contributed by atoms with Gasteiger partial charge in [0.2, 0.25) is 0 Å². The molecule has 0 radical (unpaired) electrons. The van der Waals surface area contributed by atoms with E-state index in [0.717, 1.165) is 10.9 Å². The van der Waals surface area contributed by atoms with Gasteiger partial charge in [0.15, 0.2) is 5.78 Å². The molecule has 3 aromatic carbocycles. The van der Waals surface area contributed by atoms with Crippen molar-refractivity contribution in [1.82, 2.24) is 4.98 Å². The van der Waals surface area contributed by atoms with Crippen molar-refractivity contribution in [1.29, 1.82) is 0 Å². The SMILES string of the molecule is O=C(/C=C/c1c(F)cccc1Cl)c1c(-c2ccccc2)c2ccccc2[nH]c1=O. The van der Waals surface area contributed by atoms with Crippen LogP contribution in [0.15, 0.2) is 83.7 Å². The van der Waals surface area contributed by atoms with Gasteiger partial charge in [-0.05, 0) is 35.9 Å². The summed E-state index contributed by atoms with van der Waals surface area (Å²) in [4.78, 5) is 28.6. The Bertz CT molecular complexity index is 1290. The smallest absolute Gasteiger partial charge is 0.260 e. The number of aromatic nitrogens is 1. The highest BCUT2D eigenvalue weighted by atomic mass is 35.5. The number of H-pyrrole nitrogens is 1. The van der Waals surface area contributed by atoms with E-state index in [4.69, 9.17) is 11.6 Å². The lowest BCUT2D eigenvalue weighted by atomic mass is 9.94. The summed E-state index contributed by atoms with van der Waals surface area (Å²) < 4.78 is 14.0. The number of carbonyl (C=O) groups excluding carboxylic acids is 1. The molecule has 29 heavy (non-hydrogen) atoms. The van der Waals surface area contributed by atoms with Crippen LogP contribution in [0, 0.1) is 5.82 Å². The lowest BCUT2D eigenvalue weighted by Gasteiger charge is -2.11. The van der Waals surface area contributed by atoms with Crippen LogP contribution in [0.25, 0.3) is 28.1 Å². The third kappa shape index (κ3) is 3.62. The lowest BCUT2D eigenvalue weighted by molar-refractivity contribution is 0.104. The molecule has 5 heteroatoms. The number of nitrogens with one attached hydrogen (secondary N) is 1. The van der Waals surface area contributed by atoms with Gasteiger partial charge in [-0.25, -0.2) is 4.39 Å². The fourth-order valence-corrected chi connectivity index (χ4v) is 3.52. The summed E-state index contributed by atoms with van der Waals surface area (Å²) in [6, 6.07) is 20.8. The Morgan fingerprint density at radius 3 is 2.41 bits per heavy atom. The molecular weight excluding hydrogens is 389 g/mol. The average molecular weight is 404 g/mol. The maximum Gasteiger partial charge on any atom is 0.260 e. The van der Waals surface area contributed by atoms with Crippen molar-refractivity contribution in [2.75, 3.05) is 0 Å². The van der Waals surface area contributed by atoms with Gasteiger partial charge in [-0.1, -0.05) is 66.2 Å². The quantitative estimate of drug-likeness (QED) is 0.341. The fourth-order valence-electron chi connectivity index (χ4n) is 3.30. The molecule has 0 unspecified atom stereocenters. The number of hydrogen-bond acceptors (Lipinski definition) is 2. The molecule has 0 aliphatic rings. The topological polar surface area (TPSA) is 49.9 Å². The minimum absolute atomic E-state index is 0.00129. The molecule has 4 rings (SSSR count). The first-order valence-electron chi connectivity index (χ1n) is 8.93. The van der Waals surface area contributed by atoms with Gasteiger partial charge >= 0.3 is 0 Å². The number of benzene rings is 3. The summed E-state index contributed by atoms with van der Waals surface area (Å²) in [5.74, 6) is -1.08. The van der Waals surface area contributed by atoms with Crippen molar-refractivity contribution < 1.29 is 9.18 Å². The van der Waals surface area contributed by atoms with Crippen LogP contribution in [0.1, 0.15) is 15.9 Å². The number of fused-ring (bicyclic) bond motifs is 1. The maximum absolute atomic E-state index is 14.0. The summed E-state index contributed by atoms with van der Waals surface area (Å²) in [6.45, 7) is 0. The van der Waals surface area contributed by atoms with Gasteiger partial charge in [-0.3, -0.25) is 9.59 Å². The first-order chi connectivity index (χ1) is 14.1. The standard InChI is InChI=1S/C24H15ClFNO2/c25-18-10-6-11-19(26)16(18)13-14-21(28)23-22(15-7-2-1-3-8-15)17-9-4-5-12-20(17)27-24(23)29/h1-14H,(H,27,29)/b14-13+. The van der Waals surface area contributed by atoms with Gasteiger partial charge in [0, 0.05) is 22.0 Å². The highest BCUT2D eigenvalue weighted by molar-refractivity contribution is 6.32. The summed E-state index contributed by atoms with van der Waals surface area (Å²) >= 11 is 6.03. The zero-order chi connectivity index (χ0) is 20.4. The normalized spacial score (nSPS) is 11.2. The van der Waals surface area contributed by atoms with Crippen LogP contribution >= 0.6 is 11.6 Å². The average Bonchev–Trinajstić information content (AvgIpc) is 2.73. The second kappa shape index (κ2) is 7.86. The van der Waals surface area contributed by atoms with Crippen LogP contribution in [-0.2, 0) is 0 Å². The lowest BCUT2D eigenvalue weighted by Crippen LogP contribution is -2.18. The predicted octanol–water partition coefficient (Wildman–Crippen LogP) is 5.88. The van der Waals surface area contributed by atoms with E-state index >= 15 is 0 Å². The molecule has 0 amide bonds. The van der Waals surface area contributed by atoms with Crippen LogP contribution in [0.5, 0.6) is 0 Å². The third-order valence-electron chi connectivity index (χ3n) is 4.63. The van der Waals surface area contributed by atoms with Crippen molar-refractivity contribution in [3.63, 3.8) is 0 Å². The Morgan fingerprint density at radius 1 is 0.931 bits per heavy atom. The molecule has 0 bridgehead atoms. The molecule has 0 saturated heterocycles. The maximum atomic E-state index is 14.0. The monoisotopic (exact) mass is 403 g/mol. The number of carbonyl (C=O) groups is 1. The minimum atomic E-state index is -0.544. The molecule has 0 fully saturated rings. The number of pyridine rings is 1. The first-order valence-corrected chi connectivity index (χ1v) is 9.31. The number of rotatable bonds is 4. The molecule has 1 heterocycles. The summed E-state index contributed by atoms with van der Waals surface area (Å²) in [7, 11) is 0. The number of halogens is 2. The van der Waals surface area contributed by atoms with Gasteiger partial charge in [0.25, 0.3) is 5.56 Å². The van der Waals surface area contributed by atoms with Gasteiger partial charge < -0.3 is 4.98 Å². The van der Waals surface area contributed by atoms with Crippen LogP contribution < -0.4 is 5.56 Å². The third-order valence-corrected chi connectivity index (χ3v) is 4.96. The first kappa shape index (κ1) is 18.8. The van der Waals surface area contributed by atoms with Crippen molar-refractivity contribution in [3.8, 4) is 11.1 Å². The molecule has 0 spiro atoms. The van der Waals surface area contributed by atoms with Gasteiger partial charge in [-0.15, -0.1) is 0 Å². The molecular formula is C24H15ClFNO2. The van der Waals surface area contributed by atoms with Crippen LogP contribution in [0.4, 0.5) is 4.39 Å². The Balaban J connectivity index is 1.92. The molecule has 4 aromatic rings. The Labute approximate surface area is 171 Å². The van der Waals surface area contributed by atoms with E-state index in [9.17, 15) is 14.0 Å². The Kier molecular flexibility index (Phi) is 5.10. The van der Waals surface area contributed by atoms with Crippen molar-refractivity contribution >= 4 is 34.4 Å². The van der Waals surface area contributed by atoms with Gasteiger partial charge in [0.1, 0.15) is 5.82 Å². The molecule has 0 aliphatic carbocycles. The zero-order valence-corrected chi connectivity index (χ0v) is 15.9. The largest absolute Gasteiger partial charge is 0.321 e.